The predicted molar refractivity (Wildman–Crippen MR) is 106 cm³/mol. The number of hydrogen-bond donors (Lipinski definition) is 2. The van der Waals surface area contributed by atoms with E-state index in [2.05, 4.69) is 53.3 Å². The molecule has 1 amide bonds. The van der Waals surface area contributed by atoms with E-state index >= 15 is 0 Å². The van der Waals surface area contributed by atoms with E-state index in [1.54, 1.807) is 11.8 Å². The van der Waals surface area contributed by atoms with Crippen molar-refractivity contribution in [2.75, 3.05) is 44.2 Å². The van der Waals surface area contributed by atoms with Crippen molar-refractivity contribution in [2.45, 2.75) is 51.6 Å². The van der Waals surface area contributed by atoms with Crippen LogP contribution >= 0.6 is 0 Å². The molecule has 2 aliphatic rings. The first-order valence-corrected chi connectivity index (χ1v) is 9.94. The summed E-state index contributed by atoms with van der Waals surface area (Å²) in [6, 6.07) is 4.12. The van der Waals surface area contributed by atoms with Gasteiger partial charge in [-0.05, 0) is 25.0 Å². The smallest absolute Gasteiger partial charge is 0.219 e. The van der Waals surface area contributed by atoms with Crippen LogP contribution < -0.4 is 10.2 Å². The van der Waals surface area contributed by atoms with Crippen LogP contribution in [-0.4, -0.2) is 71.0 Å². The van der Waals surface area contributed by atoms with Crippen molar-refractivity contribution < 1.29 is 9.90 Å². The third-order valence-electron chi connectivity index (χ3n) is 5.59. The third kappa shape index (κ3) is 4.96. The first-order chi connectivity index (χ1) is 12.7. The Bertz CT molecular complexity index is 651. The normalized spacial score (nSPS) is 24.0. The molecular weight excluding hydrogens is 342 g/mol. The second kappa shape index (κ2) is 7.72. The first kappa shape index (κ1) is 20.0. The molecule has 1 aromatic rings. The number of aromatic nitrogens is 2. The molecular formula is C20H33N5O2. The van der Waals surface area contributed by atoms with Gasteiger partial charge in [0.25, 0.3) is 0 Å². The van der Waals surface area contributed by atoms with Gasteiger partial charge in [-0.25, -0.2) is 0 Å². The van der Waals surface area contributed by atoms with Crippen LogP contribution in [0.15, 0.2) is 12.1 Å². The molecule has 3 heterocycles. The summed E-state index contributed by atoms with van der Waals surface area (Å²) >= 11 is 0. The lowest BCUT2D eigenvalue weighted by molar-refractivity contribution is -0.135. The number of nitrogens with zero attached hydrogens (tertiary/aromatic N) is 4. The number of piperidine rings is 1. The molecule has 2 aliphatic heterocycles. The summed E-state index contributed by atoms with van der Waals surface area (Å²) in [5.74, 6) is 1.52. The summed E-state index contributed by atoms with van der Waals surface area (Å²) in [5.41, 5.74) is 0.219. The molecule has 7 nitrogen and oxygen atoms in total. The number of β-amino-alcohol motifs (C(OH)–C–C–N with tert-alkyl or cyclic N) is 1. The number of anilines is 1. The fourth-order valence-corrected chi connectivity index (χ4v) is 3.81. The van der Waals surface area contributed by atoms with Gasteiger partial charge >= 0.3 is 0 Å². The minimum atomic E-state index is -0.804. The number of carbonyl (C=O) groups excluding carboxylic acids is 1. The predicted octanol–water partition coefficient (Wildman–Crippen LogP) is 1.17. The Labute approximate surface area is 162 Å². The quantitative estimate of drug-likeness (QED) is 0.804. The van der Waals surface area contributed by atoms with Gasteiger partial charge in [0.05, 0.1) is 17.8 Å². The average Bonchev–Trinajstić information content (AvgIpc) is 2.56. The molecule has 3 rings (SSSR count). The van der Waals surface area contributed by atoms with E-state index in [9.17, 15) is 9.90 Å². The number of hydrogen-bond acceptors (Lipinski definition) is 6. The van der Waals surface area contributed by atoms with E-state index in [-0.39, 0.29) is 11.3 Å². The van der Waals surface area contributed by atoms with Crippen molar-refractivity contribution in [1.29, 1.82) is 0 Å². The van der Waals surface area contributed by atoms with Crippen molar-refractivity contribution in [3.63, 3.8) is 0 Å². The highest BCUT2D eigenvalue weighted by Gasteiger charge is 2.35. The van der Waals surface area contributed by atoms with Crippen molar-refractivity contribution in [3.05, 3.63) is 17.8 Å². The van der Waals surface area contributed by atoms with Crippen molar-refractivity contribution in [1.82, 2.24) is 20.4 Å². The lowest BCUT2D eigenvalue weighted by Crippen LogP contribution is -2.57. The molecule has 27 heavy (non-hydrogen) atoms. The maximum absolute atomic E-state index is 11.5. The van der Waals surface area contributed by atoms with Crippen molar-refractivity contribution in [3.8, 4) is 0 Å². The van der Waals surface area contributed by atoms with Crippen LogP contribution in [0.25, 0.3) is 0 Å². The number of carbonyl (C=O) groups is 1. The van der Waals surface area contributed by atoms with Gasteiger partial charge in [0.2, 0.25) is 5.91 Å². The second-order valence-corrected chi connectivity index (χ2v) is 9.20. The molecule has 2 fully saturated rings. The van der Waals surface area contributed by atoms with Gasteiger partial charge in [-0.3, -0.25) is 4.79 Å². The molecule has 0 bridgehead atoms. The minimum absolute atomic E-state index is 0.0181. The third-order valence-corrected chi connectivity index (χ3v) is 5.59. The van der Waals surface area contributed by atoms with E-state index in [0.717, 1.165) is 50.5 Å². The van der Waals surface area contributed by atoms with E-state index in [1.807, 2.05) is 0 Å². The van der Waals surface area contributed by atoms with Crippen LogP contribution in [0, 0.1) is 5.92 Å². The van der Waals surface area contributed by atoms with Gasteiger partial charge < -0.3 is 20.2 Å². The Morgan fingerprint density at radius 3 is 2.67 bits per heavy atom. The Morgan fingerprint density at radius 2 is 2.07 bits per heavy atom. The largest absolute Gasteiger partial charge is 0.387 e. The molecule has 1 unspecified atom stereocenters. The molecule has 0 spiro atoms. The molecule has 2 N–H and O–H groups in total. The summed E-state index contributed by atoms with van der Waals surface area (Å²) in [6.45, 7) is 12.5. The van der Waals surface area contributed by atoms with Crippen LogP contribution in [0.1, 0.15) is 46.2 Å². The molecule has 0 aromatic carbocycles. The fourth-order valence-electron chi connectivity index (χ4n) is 3.81. The molecule has 0 saturated carbocycles. The summed E-state index contributed by atoms with van der Waals surface area (Å²) in [7, 11) is 0. The molecule has 1 aromatic heterocycles. The Hall–Kier alpha value is -1.73. The maximum atomic E-state index is 11.5. The number of rotatable bonds is 5. The minimum Gasteiger partial charge on any atom is -0.387 e. The van der Waals surface area contributed by atoms with Crippen LogP contribution in [0.4, 0.5) is 5.82 Å². The molecule has 150 valence electrons. The SMILES string of the molecule is CC(=O)N1CCCC(O)(CNCC2CN(c3ccc(C(C)(C)C)nn3)C2)C1. The Kier molecular flexibility index (Phi) is 5.72. The second-order valence-electron chi connectivity index (χ2n) is 9.20. The highest BCUT2D eigenvalue weighted by molar-refractivity contribution is 5.73. The zero-order chi connectivity index (χ0) is 19.7. The van der Waals surface area contributed by atoms with E-state index in [4.69, 9.17) is 0 Å². The Balaban J connectivity index is 1.40. The van der Waals surface area contributed by atoms with E-state index in [1.165, 1.54) is 0 Å². The van der Waals surface area contributed by atoms with E-state index in [0.29, 0.717) is 19.0 Å². The van der Waals surface area contributed by atoms with Crippen LogP contribution in [0.2, 0.25) is 0 Å². The topological polar surface area (TPSA) is 81.6 Å². The zero-order valence-electron chi connectivity index (χ0n) is 17.0. The zero-order valence-corrected chi connectivity index (χ0v) is 17.0. The standard InChI is InChI=1S/C20H33N5O2/c1-15(26)24-9-5-8-20(27,14-24)13-21-10-16-11-25(12-16)18-7-6-17(22-23-18)19(2,3)4/h6-7,16,21,27H,5,8-14H2,1-4H3. The van der Waals surface area contributed by atoms with Crippen LogP contribution in [0.5, 0.6) is 0 Å². The molecule has 0 aliphatic carbocycles. The van der Waals surface area contributed by atoms with Gasteiger partial charge in [-0.2, -0.15) is 5.10 Å². The van der Waals surface area contributed by atoms with Gasteiger partial charge in [0, 0.05) is 51.0 Å². The number of aliphatic hydroxyl groups is 1. The highest BCUT2D eigenvalue weighted by atomic mass is 16.3. The summed E-state index contributed by atoms with van der Waals surface area (Å²) in [4.78, 5) is 15.5. The fraction of sp³-hybridized carbons (Fsp3) is 0.750. The summed E-state index contributed by atoms with van der Waals surface area (Å²) in [6.07, 6.45) is 1.61. The van der Waals surface area contributed by atoms with Crippen LogP contribution in [-0.2, 0) is 10.2 Å². The Morgan fingerprint density at radius 1 is 1.33 bits per heavy atom. The molecule has 2 saturated heterocycles. The summed E-state index contributed by atoms with van der Waals surface area (Å²) in [5, 5.41) is 22.9. The first-order valence-electron chi connectivity index (χ1n) is 9.94. The highest BCUT2D eigenvalue weighted by Crippen LogP contribution is 2.25. The van der Waals surface area contributed by atoms with Gasteiger partial charge in [0.1, 0.15) is 0 Å². The number of amides is 1. The van der Waals surface area contributed by atoms with Gasteiger partial charge in [0.15, 0.2) is 5.82 Å². The van der Waals surface area contributed by atoms with Gasteiger partial charge in [-0.15, -0.1) is 5.10 Å². The van der Waals surface area contributed by atoms with Crippen LogP contribution in [0.3, 0.4) is 0 Å². The summed E-state index contributed by atoms with van der Waals surface area (Å²) < 4.78 is 0. The molecule has 0 radical (unpaired) electrons. The van der Waals surface area contributed by atoms with Crippen molar-refractivity contribution >= 4 is 11.7 Å². The van der Waals surface area contributed by atoms with Gasteiger partial charge in [-0.1, -0.05) is 20.8 Å². The number of nitrogens with one attached hydrogen (secondary N) is 1. The lowest BCUT2D eigenvalue weighted by atomic mass is 9.91. The molecule has 7 heteroatoms. The average molecular weight is 376 g/mol. The van der Waals surface area contributed by atoms with E-state index < -0.39 is 5.60 Å². The number of likely N-dealkylation sites (tertiary alicyclic amines) is 1. The molecule has 1 atom stereocenters. The maximum Gasteiger partial charge on any atom is 0.219 e. The van der Waals surface area contributed by atoms with Crippen molar-refractivity contribution in [2.24, 2.45) is 5.92 Å². The lowest BCUT2D eigenvalue weighted by Gasteiger charge is -2.42. The monoisotopic (exact) mass is 375 g/mol.